The molecule has 0 saturated heterocycles. The fourth-order valence-electron chi connectivity index (χ4n) is 1.47. The third kappa shape index (κ3) is 3.65. The second-order valence-electron chi connectivity index (χ2n) is 3.88. The zero-order chi connectivity index (χ0) is 12.8. The molecule has 0 fully saturated rings. The van der Waals surface area contributed by atoms with Gasteiger partial charge in [-0.15, -0.1) is 11.3 Å². The van der Waals surface area contributed by atoms with Crippen LogP contribution in [0.15, 0.2) is 34.7 Å². The number of thiazole rings is 1. The van der Waals surface area contributed by atoms with E-state index in [1.807, 2.05) is 36.6 Å². The molecule has 2 N–H and O–H groups in total. The first kappa shape index (κ1) is 12.7. The predicted octanol–water partition coefficient (Wildman–Crippen LogP) is 2.43. The summed E-state index contributed by atoms with van der Waals surface area (Å²) in [5.74, 6) is 0. The largest absolute Gasteiger partial charge is 0.396 e. The van der Waals surface area contributed by atoms with E-state index in [0.29, 0.717) is 6.42 Å². The van der Waals surface area contributed by atoms with Gasteiger partial charge in [0.15, 0.2) is 0 Å². The number of aryl methyl sites for hydroxylation is 1. The molecular weight excluding hydrogens is 246 g/mol. The number of nitrogens with one attached hydrogen (secondary N) is 1. The second kappa shape index (κ2) is 6.28. The van der Waals surface area contributed by atoms with Crippen molar-refractivity contribution in [2.24, 2.45) is 5.10 Å². The summed E-state index contributed by atoms with van der Waals surface area (Å²) >= 11 is 1.53. The van der Waals surface area contributed by atoms with E-state index in [1.165, 1.54) is 11.3 Å². The second-order valence-corrected chi connectivity index (χ2v) is 4.74. The molecule has 94 valence electrons. The van der Waals surface area contributed by atoms with E-state index < -0.39 is 0 Å². The molecule has 4 nitrogen and oxygen atoms in total. The fraction of sp³-hybridized carbons (Fsp3) is 0.231. The molecule has 0 aliphatic heterocycles. The number of hydrogen-bond acceptors (Lipinski definition) is 5. The van der Waals surface area contributed by atoms with Crippen molar-refractivity contribution in [2.75, 3.05) is 12.0 Å². The molecule has 0 bridgehead atoms. The van der Waals surface area contributed by atoms with Crippen LogP contribution in [0, 0.1) is 6.92 Å². The maximum Gasteiger partial charge on any atom is 0.203 e. The molecule has 2 aromatic rings. The summed E-state index contributed by atoms with van der Waals surface area (Å²) in [6, 6.07) is 7.93. The normalized spacial score (nSPS) is 11.0. The zero-order valence-electron chi connectivity index (χ0n) is 10.1. The third-order valence-electron chi connectivity index (χ3n) is 2.37. The molecule has 5 heteroatoms. The molecule has 1 aromatic carbocycles. The van der Waals surface area contributed by atoms with Gasteiger partial charge in [-0.25, -0.2) is 4.98 Å². The summed E-state index contributed by atoms with van der Waals surface area (Å²) < 4.78 is 0. The van der Waals surface area contributed by atoms with Crippen molar-refractivity contribution in [3.63, 3.8) is 0 Å². The first-order chi connectivity index (χ1) is 8.78. The van der Waals surface area contributed by atoms with E-state index in [2.05, 4.69) is 15.5 Å². The lowest BCUT2D eigenvalue weighted by molar-refractivity contribution is 0.299. The molecule has 0 aliphatic rings. The fourth-order valence-corrected chi connectivity index (χ4v) is 2.10. The monoisotopic (exact) mass is 261 g/mol. The molecule has 1 aromatic heterocycles. The van der Waals surface area contributed by atoms with E-state index in [4.69, 9.17) is 5.11 Å². The highest BCUT2D eigenvalue weighted by atomic mass is 32.1. The zero-order valence-corrected chi connectivity index (χ0v) is 10.9. The molecule has 0 aliphatic carbocycles. The number of aliphatic hydroxyl groups excluding tert-OH is 1. The summed E-state index contributed by atoms with van der Waals surface area (Å²) in [5.41, 5.74) is 6.02. The van der Waals surface area contributed by atoms with Gasteiger partial charge >= 0.3 is 0 Å². The van der Waals surface area contributed by atoms with Crippen LogP contribution in [0.3, 0.4) is 0 Å². The van der Waals surface area contributed by atoms with Crippen LogP contribution in [0.1, 0.15) is 16.8 Å². The number of aliphatic hydroxyl groups is 1. The van der Waals surface area contributed by atoms with Crippen LogP contribution in [0.4, 0.5) is 5.13 Å². The van der Waals surface area contributed by atoms with Crippen LogP contribution in [0.2, 0.25) is 0 Å². The Bertz CT molecular complexity index is 519. The lowest BCUT2D eigenvalue weighted by Gasteiger charge is -1.98. The average Bonchev–Trinajstić information content (AvgIpc) is 2.78. The maximum absolute atomic E-state index is 8.82. The Kier molecular flexibility index (Phi) is 4.44. The van der Waals surface area contributed by atoms with E-state index in [9.17, 15) is 0 Å². The van der Waals surface area contributed by atoms with Gasteiger partial charge < -0.3 is 5.11 Å². The number of anilines is 1. The van der Waals surface area contributed by atoms with Crippen molar-refractivity contribution in [2.45, 2.75) is 13.3 Å². The van der Waals surface area contributed by atoms with Crippen molar-refractivity contribution < 1.29 is 5.11 Å². The van der Waals surface area contributed by atoms with E-state index in [1.54, 1.807) is 6.21 Å². The predicted molar refractivity (Wildman–Crippen MR) is 75.3 cm³/mol. The third-order valence-corrected chi connectivity index (χ3v) is 3.24. The van der Waals surface area contributed by atoms with Gasteiger partial charge in [0.05, 0.1) is 11.9 Å². The average molecular weight is 261 g/mol. The van der Waals surface area contributed by atoms with Gasteiger partial charge in [-0.1, -0.05) is 24.3 Å². The van der Waals surface area contributed by atoms with Gasteiger partial charge in [0.25, 0.3) is 0 Å². The van der Waals surface area contributed by atoms with Crippen molar-refractivity contribution in [3.05, 3.63) is 46.5 Å². The Labute approximate surface area is 110 Å². The SMILES string of the molecule is Cc1csc(NN=Cc2ccc(CCO)cc2)n1. The smallest absolute Gasteiger partial charge is 0.203 e. The van der Waals surface area contributed by atoms with Crippen LogP contribution in [-0.4, -0.2) is 22.9 Å². The van der Waals surface area contributed by atoms with E-state index in [-0.39, 0.29) is 6.61 Å². The van der Waals surface area contributed by atoms with Crippen molar-refractivity contribution >= 4 is 22.7 Å². The standard InChI is InChI=1S/C13H15N3OS/c1-10-9-18-13(15-10)16-14-8-12-4-2-11(3-5-12)6-7-17/h2-5,8-9,17H,6-7H2,1H3,(H,15,16). The summed E-state index contributed by atoms with van der Waals surface area (Å²) in [4.78, 5) is 4.25. The number of hydrazone groups is 1. The van der Waals surface area contributed by atoms with Gasteiger partial charge in [-0.2, -0.15) is 5.10 Å². The van der Waals surface area contributed by atoms with Gasteiger partial charge in [0, 0.05) is 12.0 Å². The van der Waals surface area contributed by atoms with Crippen LogP contribution in [0.25, 0.3) is 0 Å². The molecule has 1 heterocycles. The van der Waals surface area contributed by atoms with Gasteiger partial charge in [0.2, 0.25) is 5.13 Å². The molecule has 0 amide bonds. The van der Waals surface area contributed by atoms with Crippen LogP contribution < -0.4 is 5.43 Å². The first-order valence-electron chi connectivity index (χ1n) is 5.69. The summed E-state index contributed by atoms with van der Waals surface area (Å²) in [6.45, 7) is 2.13. The lowest BCUT2D eigenvalue weighted by Crippen LogP contribution is -1.92. The highest BCUT2D eigenvalue weighted by molar-refractivity contribution is 7.13. The molecule has 18 heavy (non-hydrogen) atoms. The van der Waals surface area contributed by atoms with Crippen LogP contribution in [0.5, 0.6) is 0 Å². The topological polar surface area (TPSA) is 57.5 Å². The molecular formula is C13H15N3OS. The Morgan fingerprint density at radius 1 is 1.39 bits per heavy atom. The lowest BCUT2D eigenvalue weighted by atomic mass is 10.1. The minimum atomic E-state index is 0.179. The number of hydrogen-bond donors (Lipinski definition) is 2. The molecule has 2 rings (SSSR count). The highest BCUT2D eigenvalue weighted by Crippen LogP contribution is 2.13. The quantitative estimate of drug-likeness (QED) is 0.642. The maximum atomic E-state index is 8.82. The number of rotatable bonds is 5. The molecule has 0 unspecified atom stereocenters. The van der Waals surface area contributed by atoms with Gasteiger partial charge in [-0.3, -0.25) is 5.43 Å². The minimum absolute atomic E-state index is 0.179. The summed E-state index contributed by atoms with van der Waals surface area (Å²) in [6.07, 6.45) is 2.44. The Hall–Kier alpha value is -1.72. The Morgan fingerprint density at radius 2 is 2.17 bits per heavy atom. The van der Waals surface area contributed by atoms with Crippen molar-refractivity contribution in [3.8, 4) is 0 Å². The Morgan fingerprint density at radius 3 is 2.78 bits per heavy atom. The number of nitrogens with zero attached hydrogens (tertiary/aromatic N) is 2. The van der Waals surface area contributed by atoms with Crippen molar-refractivity contribution in [1.82, 2.24) is 4.98 Å². The van der Waals surface area contributed by atoms with Gasteiger partial charge in [-0.05, 0) is 24.5 Å². The Balaban J connectivity index is 1.92. The van der Waals surface area contributed by atoms with E-state index in [0.717, 1.165) is 22.0 Å². The highest BCUT2D eigenvalue weighted by Gasteiger charge is 1.95. The van der Waals surface area contributed by atoms with Crippen molar-refractivity contribution in [1.29, 1.82) is 0 Å². The number of benzene rings is 1. The van der Waals surface area contributed by atoms with Crippen LogP contribution in [-0.2, 0) is 6.42 Å². The van der Waals surface area contributed by atoms with Gasteiger partial charge in [0.1, 0.15) is 0 Å². The molecule has 0 saturated carbocycles. The van der Waals surface area contributed by atoms with Crippen LogP contribution >= 0.6 is 11.3 Å². The summed E-state index contributed by atoms with van der Waals surface area (Å²) in [5, 5.41) is 15.7. The molecule has 0 radical (unpaired) electrons. The minimum Gasteiger partial charge on any atom is -0.396 e. The first-order valence-corrected chi connectivity index (χ1v) is 6.57. The number of aromatic nitrogens is 1. The molecule has 0 spiro atoms. The molecule has 0 atom stereocenters. The van der Waals surface area contributed by atoms with E-state index >= 15 is 0 Å². The summed E-state index contributed by atoms with van der Waals surface area (Å²) in [7, 11) is 0.